The van der Waals surface area contributed by atoms with Crippen LogP contribution < -0.4 is 10.6 Å². The zero-order valence-corrected chi connectivity index (χ0v) is 10.9. The molecule has 1 heterocycles. The number of hydrogen-bond acceptors (Lipinski definition) is 3. The first kappa shape index (κ1) is 11.8. The van der Waals surface area contributed by atoms with Crippen LogP contribution >= 0.6 is 22.6 Å². The molecule has 2 N–H and O–H groups in total. The van der Waals surface area contributed by atoms with E-state index in [0.29, 0.717) is 13.2 Å². The van der Waals surface area contributed by atoms with E-state index in [9.17, 15) is 4.79 Å². The maximum absolute atomic E-state index is 11.8. The van der Waals surface area contributed by atoms with Crippen molar-refractivity contribution in [3.8, 4) is 0 Å². The number of halogens is 1. The lowest BCUT2D eigenvalue weighted by atomic mass is 10.2. The number of benzene rings is 1. The average molecular weight is 332 g/mol. The summed E-state index contributed by atoms with van der Waals surface area (Å²) in [4.78, 5) is 11.8. The smallest absolute Gasteiger partial charge is 0.254 e. The Labute approximate surface area is 108 Å². The third-order valence-corrected chi connectivity index (χ3v) is 2.98. The van der Waals surface area contributed by atoms with Crippen LogP contribution in [0.2, 0.25) is 0 Å². The molecule has 1 amide bonds. The molecule has 5 heteroatoms. The lowest BCUT2D eigenvalue weighted by Crippen LogP contribution is -2.45. The minimum atomic E-state index is -0.383. The monoisotopic (exact) mass is 332 g/mol. The topological polar surface area (TPSA) is 50.4 Å². The predicted molar refractivity (Wildman–Crippen MR) is 70.4 cm³/mol. The van der Waals surface area contributed by atoms with Gasteiger partial charge in [-0.05, 0) is 40.8 Å². The van der Waals surface area contributed by atoms with Gasteiger partial charge in [0, 0.05) is 22.3 Å². The number of anilines is 1. The highest BCUT2D eigenvalue weighted by molar-refractivity contribution is 14.1. The summed E-state index contributed by atoms with van der Waals surface area (Å²) >= 11 is 2.21. The highest BCUT2D eigenvalue weighted by atomic mass is 127. The first-order valence-corrected chi connectivity index (χ1v) is 6.22. The normalized spacial score (nSPS) is 20.4. The first-order valence-electron chi connectivity index (χ1n) is 5.14. The van der Waals surface area contributed by atoms with Gasteiger partial charge in [0.15, 0.2) is 0 Å². The molecule has 4 nitrogen and oxygen atoms in total. The fraction of sp³-hybridized carbons (Fsp3) is 0.364. The fourth-order valence-corrected chi connectivity index (χ4v) is 2.07. The van der Waals surface area contributed by atoms with Crippen molar-refractivity contribution in [2.24, 2.45) is 0 Å². The molecule has 1 aromatic rings. The van der Waals surface area contributed by atoms with Gasteiger partial charge in [0.25, 0.3) is 5.91 Å². The second-order valence-electron chi connectivity index (χ2n) is 3.56. The molecule has 0 aliphatic carbocycles. The van der Waals surface area contributed by atoms with Gasteiger partial charge in [-0.3, -0.25) is 4.79 Å². The van der Waals surface area contributed by atoms with Crippen LogP contribution in [0.25, 0.3) is 0 Å². The number of amides is 1. The fourth-order valence-electron chi connectivity index (χ4n) is 1.52. The van der Waals surface area contributed by atoms with Gasteiger partial charge in [0.05, 0.1) is 6.61 Å². The van der Waals surface area contributed by atoms with Crippen molar-refractivity contribution in [1.29, 1.82) is 0 Å². The van der Waals surface area contributed by atoms with Crippen LogP contribution in [-0.2, 0) is 9.53 Å². The molecule has 1 aliphatic rings. The molecular formula is C11H13IN2O2. The van der Waals surface area contributed by atoms with E-state index in [4.69, 9.17) is 4.74 Å². The van der Waals surface area contributed by atoms with E-state index in [0.717, 1.165) is 15.8 Å². The van der Waals surface area contributed by atoms with Crippen LogP contribution in [-0.4, -0.2) is 31.7 Å². The van der Waals surface area contributed by atoms with Crippen LogP contribution in [0, 0.1) is 3.57 Å². The van der Waals surface area contributed by atoms with E-state index < -0.39 is 0 Å². The molecule has 0 bridgehead atoms. The molecule has 1 aliphatic heterocycles. The van der Waals surface area contributed by atoms with Crippen LogP contribution in [0.15, 0.2) is 24.3 Å². The average Bonchev–Trinajstić information content (AvgIpc) is 2.30. The Morgan fingerprint density at radius 3 is 3.12 bits per heavy atom. The Balaban J connectivity index is 1.96. The first-order chi connectivity index (χ1) is 7.75. The highest BCUT2D eigenvalue weighted by Gasteiger charge is 2.21. The molecule has 2 rings (SSSR count). The van der Waals surface area contributed by atoms with E-state index >= 15 is 0 Å². The standard InChI is InChI=1S/C11H13IN2O2/c12-8-2-1-3-9(6-8)14-11(15)10-7-13-4-5-16-10/h1-3,6,10,13H,4-5,7H2,(H,14,15). The number of carbonyl (C=O) groups excluding carboxylic acids is 1. The molecular weight excluding hydrogens is 319 g/mol. The molecule has 16 heavy (non-hydrogen) atoms. The van der Waals surface area contributed by atoms with Gasteiger partial charge in [-0.2, -0.15) is 0 Å². The summed E-state index contributed by atoms with van der Waals surface area (Å²) in [6.07, 6.45) is -0.383. The molecule has 0 saturated carbocycles. The van der Waals surface area contributed by atoms with Gasteiger partial charge in [-0.1, -0.05) is 6.07 Å². The van der Waals surface area contributed by atoms with Crippen LogP contribution in [0.4, 0.5) is 5.69 Å². The van der Waals surface area contributed by atoms with Crippen molar-refractivity contribution in [1.82, 2.24) is 5.32 Å². The van der Waals surface area contributed by atoms with Crippen LogP contribution in [0.5, 0.6) is 0 Å². The minimum Gasteiger partial charge on any atom is -0.366 e. The second-order valence-corrected chi connectivity index (χ2v) is 4.81. The Kier molecular flexibility index (Phi) is 4.14. The zero-order valence-electron chi connectivity index (χ0n) is 8.70. The predicted octanol–water partition coefficient (Wildman–Crippen LogP) is 1.22. The molecule has 1 saturated heterocycles. The van der Waals surface area contributed by atoms with E-state index in [1.54, 1.807) is 0 Å². The maximum Gasteiger partial charge on any atom is 0.254 e. The van der Waals surface area contributed by atoms with E-state index in [-0.39, 0.29) is 12.0 Å². The van der Waals surface area contributed by atoms with Gasteiger partial charge in [0.1, 0.15) is 6.10 Å². The van der Waals surface area contributed by atoms with Crippen LogP contribution in [0.3, 0.4) is 0 Å². The summed E-state index contributed by atoms with van der Waals surface area (Å²) in [5.74, 6) is -0.0887. The third kappa shape index (κ3) is 3.16. The third-order valence-electron chi connectivity index (χ3n) is 2.31. The number of rotatable bonds is 2. The molecule has 0 spiro atoms. The van der Waals surface area contributed by atoms with E-state index in [2.05, 4.69) is 33.2 Å². The molecule has 1 unspecified atom stereocenters. The van der Waals surface area contributed by atoms with Gasteiger partial charge < -0.3 is 15.4 Å². The minimum absolute atomic E-state index is 0.0887. The van der Waals surface area contributed by atoms with E-state index in [1.165, 1.54) is 0 Å². The Bertz CT molecular complexity index is 378. The number of carbonyl (C=O) groups is 1. The summed E-state index contributed by atoms with van der Waals surface area (Å²) in [5.41, 5.74) is 0.811. The van der Waals surface area contributed by atoms with E-state index in [1.807, 2.05) is 24.3 Å². The number of ether oxygens (including phenoxy) is 1. The van der Waals surface area contributed by atoms with Gasteiger partial charge in [-0.15, -0.1) is 0 Å². The SMILES string of the molecule is O=C(Nc1cccc(I)c1)C1CNCCO1. The van der Waals surface area contributed by atoms with Crippen molar-refractivity contribution >= 4 is 34.2 Å². The lowest BCUT2D eigenvalue weighted by Gasteiger charge is -2.22. The van der Waals surface area contributed by atoms with Gasteiger partial charge >= 0.3 is 0 Å². The summed E-state index contributed by atoms with van der Waals surface area (Å²) in [5, 5.41) is 5.97. The number of morpholine rings is 1. The largest absolute Gasteiger partial charge is 0.366 e. The van der Waals surface area contributed by atoms with Crippen molar-refractivity contribution in [3.63, 3.8) is 0 Å². The summed E-state index contributed by atoms with van der Waals surface area (Å²) in [6, 6.07) is 7.69. The molecule has 1 fully saturated rings. The van der Waals surface area contributed by atoms with Crippen molar-refractivity contribution in [2.45, 2.75) is 6.10 Å². The molecule has 0 radical (unpaired) electrons. The second kappa shape index (κ2) is 5.60. The molecule has 1 aromatic carbocycles. The Morgan fingerprint density at radius 2 is 2.44 bits per heavy atom. The molecule has 1 atom stereocenters. The van der Waals surface area contributed by atoms with Gasteiger partial charge in [0.2, 0.25) is 0 Å². The van der Waals surface area contributed by atoms with Crippen LogP contribution in [0.1, 0.15) is 0 Å². The quantitative estimate of drug-likeness (QED) is 0.801. The molecule has 0 aromatic heterocycles. The van der Waals surface area contributed by atoms with Crippen molar-refractivity contribution in [3.05, 3.63) is 27.8 Å². The highest BCUT2D eigenvalue weighted by Crippen LogP contribution is 2.13. The maximum atomic E-state index is 11.8. The van der Waals surface area contributed by atoms with Crippen molar-refractivity contribution in [2.75, 3.05) is 25.0 Å². The lowest BCUT2D eigenvalue weighted by molar-refractivity contribution is -0.128. The zero-order chi connectivity index (χ0) is 11.4. The number of hydrogen-bond donors (Lipinski definition) is 2. The molecule has 86 valence electrons. The summed E-state index contributed by atoms with van der Waals surface area (Å²) in [6.45, 7) is 1.98. The Morgan fingerprint density at radius 1 is 1.56 bits per heavy atom. The van der Waals surface area contributed by atoms with Gasteiger partial charge in [-0.25, -0.2) is 0 Å². The summed E-state index contributed by atoms with van der Waals surface area (Å²) < 4.78 is 6.46. The summed E-state index contributed by atoms with van der Waals surface area (Å²) in [7, 11) is 0. The van der Waals surface area contributed by atoms with Crippen molar-refractivity contribution < 1.29 is 9.53 Å². The Hall–Kier alpha value is -0.660. The number of nitrogens with one attached hydrogen (secondary N) is 2.